The highest BCUT2D eigenvalue weighted by molar-refractivity contribution is 4.96. The molecule has 0 saturated carbocycles. The second-order valence-corrected chi connectivity index (χ2v) is 3.92. The van der Waals surface area contributed by atoms with E-state index in [1.807, 2.05) is 19.4 Å². The molecule has 74 valence electrons. The molecular formula is C10H19N3. The van der Waals surface area contributed by atoms with Gasteiger partial charge in [0.1, 0.15) is 5.82 Å². The minimum Gasteiger partial charge on any atom is -0.337 e. The SMILES string of the molecule is CC(C)CNC(C)c1nccn1C. The Morgan fingerprint density at radius 2 is 2.15 bits per heavy atom. The molecule has 0 fully saturated rings. The first-order valence-electron chi connectivity index (χ1n) is 4.82. The lowest BCUT2D eigenvalue weighted by Gasteiger charge is -2.15. The van der Waals surface area contributed by atoms with Crippen LogP contribution in [0.25, 0.3) is 0 Å². The van der Waals surface area contributed by atoms with Gasteiger partial charge < -0.3 is 9.88 Å². The van der Waals surface area contributed by atoms with Crippen molar-refractivity contribution in [2.45, 2.75) is 26.8 Å². The van der Waals surface area contributed by atoms with Crippen molar-refractivity contribution in [1.29, 1.82) is 0 Å². The summed E-state index contributed by atoms with van der Waals surface area (Å²) in [6.45, 7) is 7.59. The monoisotopic (exact) mass is 181 g/mol. The molecule has 1 unspecified atom stereocenters. The molecule has 1 aromatic rings. The van der Waals surface area contributed by atoms with E-state index in [-0.39, 0.29) is 0 Å². The Morgan fingerprint density at radius 1 is 1.46 bits per heavy atom. The van der Waals surface area contributed by atoms with E-state index in [2.05, 4.69) is 35.6 Å². The van der Waals surface area contributed by atoms with Gasteiger partial charge in [0.25, 0.3) is 0 Å². The third-order valence-electron chi connectivity index (χ3n) is 2.08. The summed E-state index contributed by atoms with van der Waals surface area (Å²) in [5, 5.41) is 3.44. The third kappa shape index (κ3) is 2.84. The third-order valence-corrected chi connectivity index (χ3v) is 2.08. The van der Waals surface area contributed by atoms with Crippen LogP contribution in [0.2, 0.25) is 0 Å². The molecule has 3 nitrogen and oxygen atoms in total. The van der Waals surface area contributed by atoms with Crippen molar-refractivity contribution in [1.82, 2.24) is 14.9 Å². The van der Waals surface area contributed by atoms with Gasteiger partial charge in [0, 0.05) is 19.4 Å². The Balaban J connectivity index is 2.49. The highest BCUT2D eigenvalue weighted by atomic mass is 15.1. The molecule has 1 aromatic heterocycles. The van der Waals surface area contributed by atoms with Crippen molar-refractivity contribution < 1.29 is 0 Å². The van der Waals surface area contributed by atoms with Crippen LogP contribution in [0, 0.1) is 5.92 Å². The van der Waals surface area contributed by atoms with E-state index in [1.54, 1.807) is 0 Å². The van der Waals surface area contributed by atoms with Gasteiger partial charge in [-0.1, -0.05) is 13.8 Å². The maximum absolute atomic E-state index is 4.29. The van der Waals surface area contributed by atoms with E-state index in [9.17, 15) is 0 Å². The summed E-state index contributed by atoms with van der Waals surface area (Å²) < 4.78 is 2.05. The summed E-state index contributed by atoms with van der Waals surface area (Å²) in [5.74, 6) is 1.78. The topological polar surface area (TPSA) is 29.9 Å². The van der Waals surface area contributed by atoms with Gasteiger partial charge in [-0.15, -0.1) is 0 Å². The summed E-state index contributed by atoms with van der Waals surface area (Å²) in [5.41, 5.74) is 0. The van der Waals surface area contributed by atoms with Gasteiger partial charge in [-0.05, 0) is 19.4 Å². The molecule has 1 N–H and O–H groups in total. The zero-order valence-electron chi connectivity index (χ0n) is 8.91. The van der Waals surface area contributed by atoms with E-state index >= 15 is 0 Å². The number of aryl methyl sites for hydroxylation is 1. The molecular weight excluding hydrogens is 162 g/mol. The van der Waals surface area contributed by atoms with Crippen LogP contribution in [0.3, 0.4) is 0 Å². The Morgan fingerprint density at radius 3 is 2.62 bits per heavy atom. The van der Waals surface area contributed by atoms with Crippen molar-refractivity contribution >= 4 is 0 Å². The van der Waals surface area contributed by atoms with Crippen LogP contribution in [0.5, 0.6) is 0 Å². The van der Waals surface area contributed by atoms with Gasteiger partial charge in [-0.2, -0.15) is 0 Å². The number of hydrogen-bond acceptors (Lipinski definition) is 2. The van der Waals surface area contributed by atoms with Crippen LogP contribution >= 0.6 is 0 Å². The summed E-state index contributed by atoms with van der Waals surface area (Å²) in [7, 11) is 2.02. The Labute approximate surface area is 80.2 Å². The van der Waals surface area contributed by atoms with Crippen molar-refractivity contribution in [3.63, 3.8) is 0 Å². The summed E-state index contributed by atoms with van der Waals surface area (Å²) >= 11 is 0. The average molecular weight is 181 g/mol. The largest absolute Gasteiger partial charge is 0.337 e. The first-order chi connectivity index (χ1) is 6.11. The first kappa shape index (κ1) is 10.3. The number of nitrogens with zero attached hydrogens (tertiary/aromatic N) is 2. The molecule has 0 aliphatic carbocycles. The predicted octanol–water partition coefficient (Wildman–Crippen LogP) is 1.73. The lowest BCUT2D eigenvalue weighted by Crippen LogP contribution is -2.25. The summed E-state index contributed by atoms with van der Waals surface area (Å²) in [6, 6.07) is 0.336. The Hall–Kier alpha value is -0.830. The molecule has 0 radical (unpaired) electrons. The standard InChI is InChI=1S/C10H19N3/c1-8(2)7-12-9(3)10-11-5-6-13(10)4/h5-6,8-9,12H,7H2,1-4H3. The first-order valence-corrected chi connectivity index (χ1v) is 4.82. The van der Waals surface area contributed by atoms with Crippen LogP contribution in [-0.2, 0) is 7.05 Å². The van der Waals surface area contributed by atoms with E-state index in [0.29, 0.717) is 12.0 Å². The maximum atomic E-state index is 4.29. The number of nitrogens with one attached hydrogen (secondary N) is 1. The van der Waals surface area contributed by atoms with Crippen molar-refractivity contribution in [3.8, 4) is 0 Å². The molecule has 1 heterocycles. The number of hydrogen-bond donors (Lipinski definition) is 1. The molecule has 0 amide bonds. The molecule has 0 aromatic carbocycles. The van der Waals surface area contributed by atoms with Crippen LogP contribution in [-0.4, -0.2) is 16.1 Å². The lowest BCUT2D eigenvalue weighted by molar-refractivity contribution is 0.473. The highest BCUT2D eigenvalue weighted by Gasteiger charge is 2.09. The minimum atomic E-state index is 0.336. The summed E-state index contributed by atoms with van der Waals surface area (Å²) in [6.07, 6.45) is 3.81. The van der Waals surface area contributed by atoms with Crippen LogP contribution in [0.1, 0.15) is 32.6 Å². The maximum Gasteiger partial charge on any atom is 0.125 e. The zero-order valence-corrected chi connectivity index (χ0v) is 8.91. The fraction of sp³-hybridized carbons (Fsp3) is 0.700. The van der Waals surface area contributed by atoms with E-state index in [1.165, 1.54) is 0 Å². The van der Waals surface area contributed by atoms with Gasteiger partial charge >= 0.3 is 0 Å². The highest BCUT2D eigenvalue weighted by Crippen LogP contribution is 2.08. The van der Waals surface area contributed by atoms with Crippen molar-refractivity contribution in [3.05, 3.63) is 18.2 Å². The molecule has 0 aliphatic rings. The van der Waals surface area contributed by atoms with Gasteiger partial charge in [-0.25, -0.2) is 4.98 Å². The van der Waals surface area contributed by atoms with Gasteiger partial charge in [0.2, 0.25) is 0 Å². The van der Waals surface area contributed by atoms with Gasteiger partial charge in [-0.3, -0.25) is 0 Å². The molecule has 1 atom stereocenters. The van der Waals surface area contributed by atoms with Crippen LogP contribution in [0.4, 0.5) is 0 Å². The molecule has 0 saturated heterocycles. The molecule has 0 spiro atoms. The predicted molar refractivity (Wildman–Crippen MR) is 54.5 cm³/mol. The fourth-order valence-electron chi connectivity index (χ4n) is 1.30. The molecule has 0 bridgehead atoms. The molecule has 3 heteroatoms. The molecule has 0 aliphatic heterocycles. The number of rotatable bonds is 4. The van der Waals surface area contributed by atoms with E-state index < -0.39 is 0 Å². The quantitative estimate of drug-likeness (QED) is 0.766. The second kappa shape index (κ2) is 4.42. The van der Waals surface area contributed by atoms with E-state index in [0.717, 1.165) is 12.4 Å². The number of aromatic nitrogens is 2. The Kier molecular flexibility index (Phi) is 3.48. The number of imidazole rings is 1. The van der Waals surface area contributed by atoms with Gasteiger partial charge in [0.15, 0.2) is 0 Å². The normalized spacial score (nSPS) is 13.6. The Bertz CT molecular complexity index is 252. The zero-order chi connectivity index (χ0) is 9.84. The van der Waals surface area contributed by atoms with Gasteiger partial charge in [0.05, 0.1) is 6.04 Å². The van der Waals surface area contributed by atoms with E-state index in [4.69, 9.17) is 0 Å². The lowest BCUT2D eigenvalue weighted by atomic mass is 10.2. The molecule has 13 heavy (non-hydrogen) atoms. The molecule has 1 rings (SSSR count). The average Bonchev–Trinajstić information content (AvgIpc) is 2.47. The van der Waals surface area contributed by atoms with Crippen LogP contribution in [0.15, 0.2) is 12.4 Å². The fourth-order valence-corrected chi connectivity index (χ4v) is 1.30. The summed E-state index contributed by atoms with van der Waals surface area (Å²) in [4.78, 5) is 4.29. The van der Waals surface area contributed by atoms with Crippen LogP contribution < -0.4 is 5.32 Å². The minimum absolute atomic E-state index is 0.336. The smallest absolute Gasteiger partial charge is 0.125 e. The second-order valence-electron chi connectivity index (χ2n) is 3.92. The van der Waals surface area contributed by atoms with Crippen molar-refractivity contribution in [2.75, 3.05) is 6.54 Å². The van der Waals surface area contributed by atoms with Crippen molar-refractivity contribution in [2.24, 2.45) is 13.0 Å².